The van der Waals surface area contributed by atoms with Crippen LogP contribution >= 0.6 is 0 Å². The Kier molecular flexibility index (Phi) is 5.42. The van der Waals surface area contributed by atoms with Crippen molar-refractivity contribution in [3.63, 3.8) is 0 Å². The van der Waals surface area contributed by atoms with Crippen LogP contribution in [-0.2, 0) is 4.74 Å². The van der Waals surface area contributed by atoms with E-state index in [2.05, 4.69) is 5.32 Å². The number of anilines is 1. The van der Waals surface area contributed by atoms with Gasteiger partial charge < -0.3 is 10.1 Å². The summed E-state index contributed by atoms with van der Waals surface area (Å²) in [4.78, 5) is 10.5. The number of ether oxygens (including phenoxy) is 1. The molecule has 5 heteroatoms. The monoisotopic (exact) mass is 238 g/mol. The first kappa shape index (κ1) is 13.4. The quantitative estimate of drug-likeness (QED) is 0.450. The second kappa shape index (κ2) is 6.85. The van der Waals surface area contributed by atoms with E-state index in [0.717, 1.165) is 12.0 Å². The zero-order chi connectivity index (χ0) is 12.7. The molecule has 1 rings (SSSR count). The van der Waals surface area contributed by atoms with Gasteiger partial charge in [0, 0.05) is 25.8 Å². The number of hydrogen-bond donors (Lipinski definition) is 1. The molecule has 0 aliphatic heterocycles. The molecule has 0 unspecified atom stereocenters. The van der Waals surface area contributed by atoms with Crippen LogP contribution in [0.15, 0.2) is 18.2 Å². The first-order chi connectivity index (χ1) is 8.16. The van der Waals surface area contributed by atoms with Crippen LogP contribution in [0.3, 0.4) is 0 Å². The van der Waals surface area contributed by atoms with Gasteiger partial charge >= 0.3 is 0 Å². The summed E-state index contributed by atoms with van der Waals surface area (Å²) in [5.41, 5.74) is 1.62. The van der Waals surface area contributed by atoms with Gasteiger partial charge in [-0.3, -0.25) is 10.1 Å². The number of nitro groups is 1. The molecule has 0 amide bonds. The number of aryl methyl sites for hydroxylation is 1. The van der Waals surface area contributed by atoms with E-state index in [-0.39, 0.29) is 10.6 Å². The number of nitrogens with zero attached hydrogens (tertiary/aromatic N) is 1. The predicted molar refractivity (Wildman–Crippen MR) is 67.4 cm³/mol. The van der Waals surface area contributed by atoms with E-state index in [1.54, 1.807) is 6.07 Å². The van der Waals surface area contributed by atoms with Gasteiger partial charge in [-0.2, -0.15) is 0 Å². The average Bonchev–Trinajstić information content (AvgIpc) is 2.30. The van der Waals surface area contributed by atoms with Crippen molar-refractivity contribution in [2.75, 3.05) is 25.1 Å². The molecule has 1 aromatic rings. The fraction of sp³-hybridized carbons (Fsp3) is 0.500. The Morgan fingerprint density at radius 3 is 2.88 bits per heavy atom. The lowest BCUT2D eigenvalue weighted by molar-refractivity contribution is -0.384. The van der Waals surface area contributed by atoms with Crippen LogP contribution in [0.4, 0.5) is 11.4 Å². The smallest absolute Gasteiger partial charge is 0.292 e. The normalized spacial score (nSPS) is 10.2. The highest BCUT2D eigenvalue weighted by Gasteiger charge is 2.14. The van der Waals surface area contributed by atoms with E-state index >= 15 is 0 Å². The molecule has 0 saturated heterocycles. The molecular weight excluding hydrogens is 220 g/mol. The standard InChI is InChI=1S/C12H18N2O3/c1-3-17-9-5-8-13-12-10(2)6-4-7-11(12)14(15)16/h4,6-7,13H,3,5,8-9H2,1-2H3. The predicted octanol–water partition coefficient (Wildman–Crippen LogP) is 2.74. The highest BCUT2D eigenvalue weighted by molar-refractivity contribution is 5.65. The Bertz CT molecular complexity index is 380. The Balaban J connectivity index is 2.60. The highest BCUT2D eigenvalue weighted by Crippen LogP contribution is 2.27. The topological polar surface area (TPSA) is 64.4 Å². The molecular formula is C12H18N2O3. The van der Waals surface area contributed by atoms with Gasteiger partial charge in [-0.15, -0.1) is 0 Å². The number of hydrogen-bond acceptors (Lipinski definition) is 4. The van der Waals surface area contributed by atoms with E-state index in [4.69, 9.17) is 4.74 Å². The van der Waals surface area contributed by atoms with Crippen molar-refractivity contribution >= 4 is 11.4 Å². The molecule has 0 aromatic heterocycles. The second-order valence-electron chi connectivity index (χ2n) is 3.70. The summed E-state index contributed by atoms with van der Waals surface area (Å²) >= 11 is 0. The Morgan fingerprint density at radius 1 is 1.47 bits per heavy atom. The Hall–Kier alpha value is -1.62. The van der Waals surface area contributed by atoms with Crippen LogP contribution in [0, 0.1) is 17.0 Å². The SMILES string of the molecule is CCOCCCNc1c(C)cccc1[N+](=O)[O-]. The summed E-state index contributed by atoms with van der Waals surface area (Å²) < 4.78 is 5.21. The second-order valence-corrected chi connectivity index (χ2v) is 3.70. The highest BCUT2D eigenvalue weighted by atomic mass is 16.6. The van der Waals surface area contributed by atoms with Crippen molar-refractivity contribution in [2.45, 2.75) is 20.3 Å². The fourth-order valence-corrected chi connectivity index (χ4v) is 1.57. The molecule has 0 atom stereocenters. The summed E-state index contributed by atoms with van der Waals surface area (Å²) in [6.07, 6.45) is 0.833. The molecule has 0 saturated carbocycles. The largest absolute Gasteiger partial charge is 0.382 e. The van der Waals surface area contributed by atoms with Crippen LogP contribution in [0.1, 0.15) is 18.9 Å². The van der Waals surface area contributed by atoms with Gasteiger partial charge in [-0.1, -0.05) is 12.1 Å². The molecule has 0 bridgehead atoms. The molecule has 1 N–H and O–H groups in total. The number of nitro benzene ring substituents is 1. The lowest BCUT2D eigenvalue weighted by Crippen LogP contribution is -2.08. The van der Waals surface area contributed by atoms with E-state index in [1.807, 2.05) is 19.9 Å². The van der Waals surface area contributed by atoms with Crippen LogP contribution < -0.4 is 5.32 Å². The fourth-order valence-electron chi connectivity index (χ4n) is 1.57. The van der Waals surface area contributed by atoms with Crippen molar-refractivity contribution in [3.05, 3.63) is 33.9 Å². The van der Waals surface area contributed by atoms with Gasteiger partial charge in [0.25, 0.3) is 5.69 Å². The first-order valence-electron chi connectivity index (χ1n) is 5.72. The average molecular weight is 238 g/mol. The summed E-state index contributed by atoms with van der Waals surface area (Å²) in [6.45, 7) is 5.84. The summed E-state index contributed by atoms with van der Waals surface area (Å²) in [7, 11) is 0. The Morgan fingerprint density at radius 2 is 2.24 bits per heavy atom. The summed E-state index contributed by atoms with van der Waals surface area (Å²) in [5, 5.41) is 14.0. The van der Waals surface area contributed by atoms with Gasteiger partial charge in [0.1, 0.15) is 5.69 Å². The van der Waals surface area contributed by atoms with Crippen molar-refractivity contribution in [3.8, 4) is 0 Å². The zero-order valence-electron chi connectivity index (χ0n) is 10.2. The molecule has 0 heterocycles. The maximum atomic E-state index is 10.9. The molecule has 17 heavy (non-hydrogen) atoms. The summed E-state index contributed by atoms with van der Waals surface area (Å²) in [5.74, 6) is 0. The molecule has 1 aromatic carbocycles. The molecule has 0 aliphatic carbocycles. The number of benzene rings is 1. The van der Waals surface area contributed by atoms with Crippen LogP contribution in [0.5, 0.6) is 0 Å². The van der Waals surface area contributed by atoms with E-state index in [1.165, 1.54) is 6.07 Å². The molecule has 94 valence electrons. The van der Waals surface area contributed by atoms with Crippen molar-refractivity contribution < 1.29 is 9.66 Å². The van der Waals surface area contributed by atoms with Crippen LogP contribution in [-0.4, -0.2) is 24.7 Å². The third-order valence-electron chi connectivity index (χ3n) is 2.42. The third kappa shape index (κ3) is 4.03. The minimum atomic E-state index is -0.363. The van der Waals surface area contributed by atoms with Crippen LogP contribution in [0.2, 0.25) is 0 Å². The first-order valence-corrected chi connectivity index (χ1v) is 5.72. The molecule has 0 radical (unpaired) electrons. The maximum Gasteiger partial charge on any atom is 0.292 e. The molecule has 0 aliphatic rings. The zero-order valence-corrected chi connectivity index (χ0v) is 10.2. The summed E-state index contributed by atoms with van der Waals surface area (Å²) in [6, 6.07) is 5.06. The van der Waals surface area contributed by atoms with E-state index in [0.29, 0.717) is 25.4 Å². The number of rotatable bonds is 7. The Labute approximate surface area is 101 Å². The number of para-hydroxylation sites is 1. The van der Waals surface area contributed by atoms with Gasteiger partial charge in [0.05, 0.1) is 4.92 Å². The molecule has 0 spiro atoms. The van der Waals surface area contributed by atoms with E-state index in [9.17, 15) is 10.1 Å². The van der Waals surface area contributed by atoms with Crippen LogP contribution in [0.25, 0.3) is 0 Å². The van der Waals surface area contributed by atoms with Gasteiger partial charge in [-0.25, -0.2) is 0 Å². The van der Waals surface area contributed by atoms with Gasteiger partial charge in [0.15, 0.2) is 0 Å². The lowest BCUT2D eigenvalue weighted by atomic mass is 10.1. The minimum absolute atomic E-state index is 0.126. The maximum absolute atomic E-state index is 10.9. The number of nitrogens with one attached hydrogen (secondary N) is 1. The lowest BCUT2D eigenvalue weighted by Gasteiger charge is -2.09. The minimum Gasteiger partial charge on any atom is -0.382 e. The third-order valence-corrected chi connectivity index (χ3v) is 2.42. The van der Waals surface area contributed by atoms with Gasteiger partial charge in [-0.05, 0) is 25.8 Å². The van der Waals surface area contributed by atoms with Crippen molar-refractivity contribution in [2.24, 2.45) is 0 Å². The van der Waals surface area contributed by atoms with Gasteiger partial charge in [0.2, 0.25) is 0 Å². The van der Waals surface area contributed by atoms with E-state index < -0.39 is 0 Å². The molecule has 0 fully saturated rings. The molecule has 5 nitrogen and oxygen atoms in total. The van der Waals surface area contributed by atoms with Crippen molar-refractivity contribution in [1.82, 2.24) is 0 Å². The van der Waals surface area contributed by atoms with Crippen molar-refractivity contribution in [1.29, 1.82) is 0 Å².